The van der Waals surface area contributed by atoms with Gasteiger partial charge in [-0.3, -0.25) is 4.57 Å². The van der Waals surface area contributed by atoms with Crippen LogP contribution in [0.15, 0.2) is 59.8 Å². The summed E-state index contributed by atoms with van der Waals surface area (Å²) in [6, 6.07) is 8.26. The van der Waals surface area contributed by atoms with Crippen LogP contribution in [-0.2, 0) is 6.54 Å². The van der Waals surface area contributed by atoms with E-state index in [1.807, 2.05) is 11.8 Å². The number of hydrogen-bond acceptors (Lipinski definition) is 6. The van der Waals surface area contributed by atoms with E-state index in [-0.39, 0.29) is 34.8 Å². The summed E-state index contributed by atoms with van der Waals surface area (Å²) in [5.41, 5.74) is 4.90. The van der Waals surface area contributed by atoms with E-state index in [0.717, 1.165) is 40.0 Å². The number of ether oxygens (including phenoxy) is 1. The van der Waals surface area contributed by atoms with Crippen LogP contribution in [0.4, 0.5) is 23.4 Å². The van der Waals surface area contributed by atoms with Crippen molar-refractivity contribution < 1.29 is 22.3 Å². The molecule has 4 aromatic rings. The Kier molecular flexibility index (Phi) is 5.96. The van der Waals surface area contributed by atoms with Crippen LogP contribution in [0.25, 0.3) is 5.69 Å². The molecule has 0 spiro atoms. The van der Waals surface area contributed by atoms with Crippen LogP contribution in [0.2, 0.25) is 0 Å². The Morgan fingerprint density at radius 1 is 1.03 bits per heavy atom. The molecule has 2 aromatic carbocycles. The van der Waals surface area contributed by atoms with E-state index in [9.17, 15) is 22.4 Å². The first-order valence-corrected chi connectivity index (χ1v) is 11.0. The summed E-state index contributed by atoms with van der Waals surface area (Å²) >= 11 is 0. The molecule has 0 bridgehead atoms. The molecule has 0 unspecified atom stereocenters. The quantitative estimate of drug-likeness (QED) is 0.409. The molecule has 12 heteroatoms. The van der Waals surface area contributed by atoms with Crippen LogP contribution in [0.1, 0.15) is 12.5 Å². The molecule has 0 radical (unpaired) electrons. The van der Waals surface area contributed by atoms with Crippen molar-refractivity contribution in [3.05, 3.63) is 94.3 Å². The summed E-state index contributed by atoms with van der Waals surface area (Å²) in [6.45, 7) is 2.06. The molecular weight excluding hydrogens is 480 g/mol. The lowest BCUT2D eigenvalue weighted by Crippen LogP contribution is -2.63. The number of pyridine rings is 1. The Balaban J connectivity index is 1.38. The second-order valence-electron chi connectivity index (χ2n) is 8.40. The van der Waals surface area contributed by atoms with E-state index in [2.05, 4.69) is 10.1 Å². The maximum atomic E-state index is 14.9. The zero-order valence-electron chi connectivity index (χ0n) is 18.9. The Morgan fingerprint density at radius 3 is 2.44 bits per heavy atom. The largest absolute Gasteiger partial charge is 0.451 e. The lowest BCUT2D eigenvalue weighted by atomic mass is 9.99. The highest BCUT2D eigenvalue weighted by Crippen LogP contribution is 2.32. The fourth-order valence-electron chi connectivity index (χ4n) is 3.88. The highest BCUT2D eigenvalue weighted by Gasteiger charge is 2.33. The van der Waals surface area contributed by atoms with Crippen molar-refractivity contribution in [1.82, 2.24) is 19.3 Å². The predicted octanol–water partition coefficient (Wildman–Crippen LogP) is 3.36. The number of anilines is 1. The summed E-state index contributed by atoms with van der Waals surface area (Å²) in [4.78, 5) is 18.6. The minimum Gasteiger partial charge on any atom is -0.451 e. The molecule has 0 amide bonds. The van der Waals surface area contributed by atoms with Crippen LogP contribution < -0.4 is 21.1 Å². The predicted molar refractivity (Wildman–Crippen MR) is 122 cm³/mol. The molecule has 0 saturated carbocycles. The molecule has 1 saturated heterocycles. The SMILES string of the molecule is C[C@H]1[C@@H](N)CN1c1cc(Oc2ccc(-n3ncn(Cc4c(F)cccc4F)c3=O)cc2F)c(F)cn1. The van der Waals surface area contributed by atoms with E-state index in [4.69, 9.17) is 10.5 Å². The third-order valence-electron chi connectivity index (χ3n) is 6.12. The number of benzene rings is 2. The monoisotopic (exact) mass is 500 g/mol. The van der Waals surface area contributed by atoms with Gasteiger partial charge in [-0.15, -0.1) is 0 Å². The molecule has 36 heavy (non-hydrogen) atoms. The number of nitrogens with zero attached hydrogens (tertiary/aromatic N) is 5. The van der Waals surface area contributed by atoms with Crippen LogP contribution in [0.5, 0.6) is 11.5 Å². The van der Waals surface area contributed by atoms with Gasteiger partial charge in [-0.1, -0.05) is 6.07 Å². The van der Waals surface area contributed by atoms with Gasteiger partial charge in [0.25, 0.3) is 0 Å². The number of rotatable bonds is 6. The molecule has 2 atom stereocenters. The average molecular weight is 500 g/mol. The Labute approximate surface area is 202 Å². The number of hydrogen-bond donors (Lipinski definition) is 1. The van der Waals surface area contributed by atoms with Crippen molar-refractivity contribution in [2.45, 2.75) is 25.6 Å². The van der Waals surface area contributed by atoms with E-state index < -0.39 is 35.5 Å². The van der Waals surface area contributed by atoms with Gasteiger partial charge in [0.15, 0.2) is 23.1 Å². The first kappa shape index (κ1) is 23.5. The smallest absolute Gasteiger partial charge is 0.350 e. The second kappa shape index (κ2) is 9.11. The van der Waals surface area contributed by atoms with Gasteiger partial charge in [0.2, 0.25) is 0 Å². The van der Waals surface area contributed by atoms with Crippen molar-refractivity contribution in [3.63, 3.8) is 0 Å². The van der Waals surface area contributed by atoms with Crippen molar-refractivity contribution in [3.8, 4) is 17.2 Å². The molecule has 1 aliphatic rings. The van der Waals surface area contributed by atoms with Gasteiger partial charge < -0.3 is 15.4 Å². The van der Waals surface area contributed by atoms with Gasteiger partial charge in [0.1, 0.15) is 23.8 Å². The second-order valence-corrected chi connectivity index (χ2v) is 8.40. The standard InChI is InChI=1S/C24H20F4N6O2/c1-13-20(29)11-33(13)23-8-22(19(28)9-30-23)36-21-6-5-14(7-18(21)27)34-24(35)32(12-31-34)10-15-16(25)3-2-4-17(15)26/h2-9,12-13,20H,10-11,29H2,1H3/t13-,20-/m0/s1. The van der Waals surface area contributed by atoms with Crippen molar-refractivity contribution >= 4 is 5.82 Å². The summed E-state index contributed by atoms with van der Waals surface area (Å²) < 4.78 is 64.4. The lowest BCUT2D eigenvalue weighted by molar-refractivity contribution is 0.394. The molecule has 2 N–H and O–H groups in total. The number of nitrogens with two attached hydrogens (primary N) is 1. The Bertz CT molecular complexity index is 1480. The van der Waals surface area contributed by atoms with Crippen molar-refractivity contribution in [2.24, 2.45) is 5.73 Å². The summed E-state index contributed by atoms with van der Waals surface area (Å²) in [5.74, 6) is -3.35. The summed E-state index contributed by atoms with van der Waals surface area (Å²) in [6.07, 6.45) is 2.07. The number of halogens is 4. The molecule has 1 fully saturated rings. The zero-order chi connectivity index (χ0) is 25.6. The van der Waals surface area contributed by atoms with Crippen LogP contribution in [0, 0.1) is 23.3 Å². The van der Waals surface area contributed by atoms with Gasteiger partial charge in [0, 0.05) is 36.3 Å². The topological polar surface area (TPSA) is 91.2 Å². The van der Waals surface area contributed by atoms with E-state index in [1.165, 1.54) is 24.3 Å². The molecule has 1 aliphatic heterocycles. The molecular formula is C24H20F4N6O2. The average Bonchev–Trinajstić information content (AvgIpc) is 3.22. The van der Waals surface area contributed by atoms with Crippen molar-refractivity contribution in [2.75, 3.05) is 11.4 Å². The van der Waals surface area contributed by atoms with Crippen LogP contribution in [0.3, 0.4) is 0 Å². The highest BCUT2D eigenvalue weighted by atomic mass is 19.1. The fourth-order valence-corrected chi connectivity index (χ4v) is 3.88. The molecule has 8 nitrogen and oxygen atoms in total. The molecule has 186 valence electrons. The van der Waals surface area contributed by atoms with Gasteiger partial charge in [-0.05, 0) is 31.2 Å². The minimum atomic E-state index is -0.883. The fraction of sp³-hybridized carbons (Fsp3) is 0.208. The Hall–Kier alpha value is -4.19. The summed E-state index contributed by atoms with van der Waals surface area (Å²) in [7, 11) is 0. The minimum absolute atomic E-state index is 0.0137. The van der Waals surface area contributed by atoms with Gasteiger partial charge in [-0.25, -0.2) is 27.3 Å². The van der Waals surface area contributed by atoms with E-state index >= 15 is 0 Å². The van der Waals surface area contributed by atoms with Gasteiger partial charge in [-0.2, -0.15) is 9.78 Å². The first-order chi connectivity index (χ1) is 17.2. The third kappa shape index (κ3) is 4.19. The maximum Gasteiger partial charge on any atom is 0.350 e. The maximum absolute atomic E-state index is 14.9. The van der Waals surface area contributed by atoms with Gasteiger partial charge in [0.05, 0.1) is 18.4 Å². The molecule has 5 rings (SSSR count). The number of aromatic nitrogens is 4. The van der Waals surface area contributed by atoms with Crippen molar-refractivity contribution in [1.29, 1.82) is 0 Å². The molecule has 0 aliphatic carbocycles. The first-order valence-electron chi connectivity index (χ1n) is 11.0. The normalized spacial score (nSPS) is 17.2. The van der Waals surface area contributed by atoms with E-state index in [0.29, 0.717) is 12.4 Å². The molecule has 2 aromatic heterocycles. The highest BCUT2D eigenvalue weighted by molar-refractivity contribution is 5.50. The van der Waals surface area contributed by atoms with Crippen LogP contribution >= 0.6 is 0 Å². The third-order valence-corrected chi connectivity index (χ3v) is 6.12. The Morgan fingerprint density at radius 2 is 1.78 bits per heavy atom. The summed E-state index contributed by atoms with van der Waals surface area (Å²) in [5, 5.41) is 3.90. The molecule has 3 heterocycles. The lowest BCUT2D eigenvalue weighted by Gasteiger charge is -2.45. The van der Waals surface area contributed by atoms with E-state index in [1.54, 1.807) is 0 Å². The van der Waals surface area contributed by atoms with Crippen LogP contribution in [-0.4, -0.2) is 38.0 Å². The zero-order valence-corrected chi connectivity index (χ0v) is 18.9. The van der Waals surface area contributed by atoms with Gasteiger partial charge >= 0.3 is 5.69 Å².